The van der Waals surface area contributed by atoms with Gasteiger partial charge in [0, 0.05) is 11.8 Å². The lowest BCUT2D eigenvalue weighted by Crippen LogP contribution is -2.56. The Hall–Kier alpha value is -0.410. The van der Waals surface area contributed by atoms with E-state index in [1.807, 2.05) is 6.92 Å². The number of Topliss-reactive ketones (excluding diaryl/α,β-unsaturated/α-hetero) is 3. The van der Waals surface area contributed by atoms with Gasteiger partial charge in [0.2, 0.25) is 0 Å². The summed E-state index contributed by atoms with van der Waals surface area (Å²) in [6, 6.07) is 0. The summed E-state index contributed by atoms with van der Waals surface area (Å²) in [4.78, 5) is 36.1. The molecule has 1 rings (SSSR count). The van der Waals surface area contributed by atoms with Gasteiger partial charge in [-0.15, -0.1) is 23.2 Å². The lowest BCUT2D eigenvalue weighted by molar-refractivity contribution is -0.144. The molecule has 2 atom stereocenters. The van der Waals surface area contributed by atoms with E-state index in [4.69, 9.17) is 23.2 Å². The van der Waals surface area contributed by atoms with Gasteiger partial charge in [-0.2, -0.15) is 0 Å². The highest BCUT2D eigenvalue weighted by molar-refractivity contribution is 6.44. The smallest absolute Gasteiger partial charge is 0.169 e. The summed E-state index contributed by atoms with van der Waals surface area (Å²) in [5.41, 5.74) is -0.821. The van der Waals surface area contributed by atoms with Crippen LogP contribution in [0.15, 0.2) is 0 Å². The molecule has 0 N–H and O–H groups in total. The van der Waals surface area contributed by atoms with Crippen LogP contribution in [0, 0.1) is 11.3 Å². The van der Waals surface area contributed by atoms with Crippen LogP contribution in [0.1, 0.15) is 40.0 Å². The number of hydrogen-bond acceptors (Lipinski definition) is 3. The van der Waals surface area contributed by atoms with Crippen LogP contribution in [0.25, 0.3) is 0 Å². The number of carbonyl (C=O) groups is 3. The summed E-state index contributed by atoms with van der Waals surface area (Å²) >= 11 is 12.1. The molecule has 1 aliphatic carbocycles. The van der Waals surface area contributed by atoms with Crippen LogP contribution in [0.4, 0.5) is 0 Å². The van der Waals surface area contributed by atoms with Crippen molar-refractivity contribution < 1.29 is 14.4 Å². The van der Waals surface area contributed by atoms with Gasteiger partial charge in [0.1, 0.15) is 16.7 Å². The Morgan fingerprint density at radius 1 is 1.17 bits per heavy atom. The van der Waals surface area contributed by atoms with Crippen LogP contribution in [-0.4, -0.2) is 28.1 Å². The molecule has 0 aromatic carbocycles. The monoisotopic (exact) mass is 292 g/mol. The summed E-state index contributed by atoms with van der Waals surface area (Å²) in [5.74, 6) is -2.59. The fraction of sp³-hybridized carbons (Fsp3) is 0.769. The molecule has 0 bridgehead atoms. The zero-order valence-electron chi connectivity index (χ0n) is 10.8. The van der Waals surface area contributed by atoms with Crippen LogP contribution in [-0.2, 0) is 14.4 Å². The van der Waals surface area contributed by atoms with Gasteiger partial charge in [-0.3, -0.25) is 14.4 Å². The maximum Gasteiger partial charge on any atom is 0.169 e. The average molecular weight is 293 g/mol. The second kappa shape index (κ2) is 5.70. The van der Waals surface area contributed by atoms with Crippen molar-refractivity contribution in [1.29, 1.82) is 0 Å². The van der Waals surface area contributed by atoms with E-state index in [1.54, 1.807) is 13.8 Å². The molecule has 18 heavy (non-hydrogen) atoms. The molecule has 2 unspecified atom stereocenters. The molecule has 102 valence electrons. The lowest BCUT2D eigenvalue weighted by Gasteiger charge is -2.39. The third-order valence-electron chi connectivity index (χ3n) is 3.47. The molecule has 0 spiro atoms. The summed E-state index contributed by atoms with van der Waals surface area (Å²) < 4.78 is 0. The van der Waals surface area contributed by atoms with Gasteiger partial charge in [-0.05, 0) is 6.42 Å². The van der Waals surface area contributed by atoms with E-state index >= 15 is 0 Å². The molecule has 0 aromatic rings. The molecule has 1 aliphatic rings. The Balaban J connectivity index is 2.97. The van der Waals surface area contributed by atoms with Gasteiger partial charge in [0.15, 0.2) is 17.3 Å². The van der Waals surface area contributed by atoms with Crippen molar-refractivity contribution in [2.45, 2.75) is 50.8 Å². The van der Waals surface area contributed by atoms with E-state index in [0.717, 1.165) is 6.42 Å². The maximum absolute atomic E-state index is 12.1. The van der Waals surface area contributed by atoms with Gasteiger partial charge < -0.3 is 0 Å². The van der Waals surface area contributed by atoms with Gasteiger partial charge >= 0.3 is 0 Å². The molecule has 0 heterocycles. The molecule has 0 saturated heterocycles. The van der Waals surface area contributed by atoms with E-state index in [0.29, 0.717) is 6.42 Å². The highest BCUT2D eigenvalue weighted by Gasteiger charge is 2.54. The topological polar surface area (TPSA) is 51.2 Å². The van der Waals surface area contributed by atoms with Crippen LogP contribution in [0.2, 0.25) is 0 Å². The van der Waals surface area contributed by atoms with Gasteiger partial charge in [-0.1, -0.05) is 27.2 Å². The molecule has 0 amide bonds. The number of carbonyl (C=O) groups excluding carboxylic acids is 3. The van der Waals surface area contributed by atoms with Crippen molar-refractivity contribution in [1.82, 2.24) is 0 Å². The molecule has 1 fully saturated rings. The normalized spacial score (nSPS) is 31.5. The number of ketones is 3. The van der Waals surface area contributed by atoms with Crippen LogP contribution >= 0.6 is 23.2 Å². The summed E-state index contributed by atoms with van der Waals surface area (Å²) in [5, 5.41) is -1.79. The molecule has 0 aromatic heterocycles. The molecule has 5 heteroatoms. The van der Waals surface area contributed by atoms with E-state index < -0.39 is 33.7 Å². The summed E-state index contributed by atoms with van der Waals surface area (Å²) in [6.07, 6.45) is 1.73. The van der Waals surface area contributed by atoms with Gasteiger partial charge in [0.05, 0.1) is 0 Å². The Labute approximate surface area is 117 Å². The number of rotatable bonds is 4. The first kappa shape index (κ1) is 15.6. The van der Waals surface area contributed by atoms with Crippen molar-refractivity contribution in [3.8, 4) is 0 Å². The minimum Gasteiger partial charge on any atom is -0.298 e. The number of hydrogen-bond donors (Lipinski definition) is 0. The van der Waals surface area contributed by atoms with Crippen LogP contribution < -0.4 is 0 Å². The molecule has 3 nitrogen and oxygen atoms in total. The Morgan fingerprint density at radius 3 is 2.00 bits per heavy atom. The maximum atomic E-state index is 12.1. The van der Waals surface area contributed by atoms with Crippen molar-refractivity contribution in [3.63, 3.8) is 0 Å². The zero-order valence-corrected chi connectivity index (χ0v) is 12.3. The molecule has 0 aliphatic heterocycles. The quantitative estimate of drug-likeness (QED) is 0.591. The van der Waals surface area contributed by atoms with E-state index in [-0.39, 0.29) is 12.2 Å². The summed E-state index contributed by atoms with van der Waals surface area (Å²) in [6.45, 7) is 5.28. The largest absolute Gasteiger partial charge is 0.298 e. The Kier molecular flexibility index (Phi) is 4.96. The molecule has 0 radical (unpaired) electrons. The van der Waals surface area contributed by atoms with Crippen LogP contribution in [0.3, 0.4) is 0 Å². The third kappa shape index (κ3) is 2.62. The fourth-order valence-electron chi connectivity index (χ4n) is 2.11. The number of halogens is 2. The van der Waals surface area contributed by atoms with Crippen molar-refractivity contribution >= 4 is 40.6 Å². The van der Waals surface area contributed by atoms with E-state index in [1.165, 1.54) is 0 Å². The highest BCUT2D eigenvalue weighted by atomic mass is 35.5. The molecular formula is C13H18Cl2O3. The highest BCUT2D eigenvalue weighted by Crippen LogP contribution is 2.41. The van der Waals surface area contributed by atoms with Crippen LogP contribution in [0.5, 0.6) is 0 Å². The Bertz CT molecular complexity index is 352. The average Bonchev–Trinajstić information content (AvgIpc) is 2.32. The van der Waals surface area contributed by atoms with E-state index in [9.17, 15) is 14.4 Å². The predicted octanol–water partition coefficient (Wildman–Crippen LogP) is 2.75. The van der Waals surface area contributed by atoms with Crippen molar-refractivity contribution in [2.75, 3.05) is 0 Å². The number of unbranched alkanes of at least 4 members (excludes halogenated alkanes) is 1. The van der Waals surface area contributed by atoms with Crippen molar-refractivity contribution in [3.05, 3.63) is 0 Å². The SMILES string of the molecule is CCCCC(=O)C1C(=O)C(Cl)C(C)(C)C(Cl)C1=O. The lowest BCUT2D eigenvalue weighted by atomic mass is 9.69. The third-order valence-corrected chi connectivity index (χ3v) is 5.03. The number of alkyl halides is 2. The first-order valence-corrected chi connectivity index (χ1v) is 7.00. The first-order chi connectivity index (χ1) is 8.25. The minimum absolute atomic E-state index is 0.228. The fourth-order valence-corrected chi connectivity index (χ4v) is 2.68. The predicted molar refractivity (Wildman–Crippen MR) is 71.1 cm³/mol. The van der Waals surface area contributed by atoms with Gasteiger partial charge in [0.25, 0.3) is 0 Å². The first-order valence-electron chi connectivity index (χ1n) is 6.13. The summed E-state index contributed by atoms with van der Waals surface area (Å²) in [7, 11) is 0. The molecular weight excluding hydrogens is 275 g/mol. The van der Waals surface area contributed by atoms with Gasteiger partial charge in [-0.25, -0.2) is 0 Å². The minimum atomic E-state index is -1.26. The molecule has 1 saturated carbocycles. The van der Waals surface area contributed by atoms with Crippen molar-refractivity contribution in [2.24, 2.45) is 11.3 Å². The zero-order chi connectivity index (χ0) is 14.1. The second-order valence-corrected chi connectivity index (χ2v) is 6.23. The standard InChI is InChI=1S/C13H18Cl2O3/c1-4-5-6-7(16)8-9(17)11(14)13(2,3)12(15)10(8)18/h8,11-12H,4-6H2,1-3H3. The second-order valence-electron chi connectivity index (χ2n) is 5.35. The Morgan fingerprint density at radius 2 is 1.61 bits per heavy atom. The van der Waals surface area contributed by atoms with E-state index in [2.05, 4.69) is 0 Å².